The molecule has 0 aromatic heterocycles. The molecule has 0 amide bonds. The van der Waals surface area contributed by atoms with Crippen LogP contribution in [0.25, 0.3) is 0 Å². The molecule has 1 aliphatic carbocycles. The normalized spacial score (nSPS) is 15.8. The lowest BCUT2D eigenvalue weighted by Gasteiger charge is -2.12. The number of rotatable bonds is 9. The monoisotopic (exact) mass is 352 g/mol. The van der Waals surface area contributed by atoms with Crippen LogP contribution >= 0.6 is 0 Å². The van der Waals surface area contributed by atoms with Gasteiger partial charge in [-0.15, -0.1) is 0 Å². The number of ether oxygens (including phenoxy) is 2. The minimum absolute atomic E-state index is 0.567. The lowest BCUT2D eigenvalue weighted by molar-refractivity contribution is 0.217. The van der Waals surface area contributed by atoms with Gasteiger partial charge in [0.2, 0.25) is 0 Å². The van der Waals surface area contributed by atoms with Crippen molar-refractivity contribution in [3.05, 3.63) is 59.7 Å². The Morgan fingerprint density at radius 1 is 0.923 bits per heavy atom. The molecule has 140 valence electrons. The SMILES string of the molecule is CCC(C)Cc1cccc(OCCOc2ccc(C3CCCC3)cc2)c1. The van der Waals surface area contributed by atoms with Crippen LogP contribution < -0.4 is 9.47 Å². The van der Waals surface area contributed by atoms with Crippen LogP contribution in [0.2, 0.25) is 0 Å². The maximum absolute atomic E-state index is 5.86. The van der Waals surface area contributed by atoms with Crippen LogP contribution in [0, 0.1) is 5.92 Å². The molecular weight excluding hydrogens is 320 g/mol. The number of hydrogen-bond acceptors (Lipinski definition) is 2. The zero-order chi connectivity index (χ0) is 18.2. The molecule has 0 heterocycles. The second kappa shape index (κ2) is 9.66. The van der Waals surface area contributed by atoms with E-state index in [-0.39, 0.29) is 0 Å². The first kappa shape index (κ1) is 18.8. The van der Waals surface area contributed by atoms with Crippen molar-refractivity contribution in [2.75, 3.05) is 13.2 Å². The molecule has 2 aromatic rings. The Balaban J connectivity index is 1.41. The van der Waals surface area contributed by atoms with E-state index < -0.39 is 0 Å². The Morgan fingerprint density at radius 3 is 2.31 bits per heavy atom. The second-order valence-electron chi connectivity index (χ2n) is 7.61. The third-order valence-corrected chi connectivity index (χ3v) is 5.51. The van der Waals surface area contributed by atoms with E-state index in [0.717, 1.165) is 23.8 Å². The summed E-state index contributed by atoms with van der Waals surface area (Å²) in [6, 6.07) is 17.1. The highest BCUT2D eigenvalue weighted by Gasteiger charge is 2.16. The predicted octanol–water partition coefficient (Wildman–Crippen LogP) is 6.39. The molecule has 0 N–H and O–H groups in total. The molecule has 2 heteroatoms. The van der Waals surface area contributed by atoms with E-state index in [2.05, 4.69) is 56.3 Å². The molecular formula is C24H32O2. The highest BCUT2D eigenvalue weighted by atomic mass is 16.5. The Morgan fingerprint density at radius 2 is 1.62 bits per heavy atom. The van der Waals surface area contributed by atoms with Crippen LogP contribution in [-0.4, -0.2) is 13.2 Å². The largest absolute Gasteiger partial charge is 0.490 e. The van der Waals surface area contributed by atoms with Crippen molar-refractivity contribution >= 4 is 0 Å². The van der Waals surface area contributed by atoms with Gasteiger partial charge in [0.15, 0.2) is 0 Å². The molecule has 0 bridgehead atoms. The fourth-order valence-electron chi connectivity index (χ4n) is 3.72. The minimum Gasteiger partial charge on any atom is -0.490 e. The van der Waals surface area contributed by atoms with Gasteiger partial charge in [0, 0.05) is 0 Å². The number of hydrogen-bond donors (Lipinski definition) is 0. The van der Waals surface area contributed by atoms with Gasteiger partial charge in [-0.3, -0.25) is 0 Å². The molecule has 0 saturated heterocycles. The minimum atomic E-state index is 0.567. The average Bonchev–Trinajstić information content (AvgIpc) is 3.21. The lowest BCUT2D eigenvalue weighted by Crippen LogP contribution is -2.09. The van der Waals surface area contributed by atoms with E-state index >= 15 is 0 Å². The van der Waals surface area contributed by atoms with Crippen molar-refractivity contribution in [1.29, 1.82) is 0 Å². The molecule has 26 heavy (non-hydrogen) atoms. The fraction of sp³-hybridized carbons (Fsp3) is 0.500. The smallest absolute Gasteiger partial charge is 0.122 e. The summed E-state index contributed by atoms with van der Waals surface area (Å²) in [5.74, 6) is 3.34. The molecule has 3 rings (SSSR count). The molecule has 2 aromatic carbocycles. The van der Waals surface area contributed by atoms with Crippen molar-refractivity contribution in [2.24, 2.45) is 5.92 Å². The van der Waals surface area contributed by atoms with Gasteiger partial charge in [0.1, 0.15) is 24.7 Å². The van der Waals surface area contributed by atoms with E-state index in [1.165, 1.54) is 43.2 Å². The zero-order valence-corrected chi connectivity index (χ0v) is 16.2. The van der Waals surface area contributed by atoms with E-state index in [1.807, 2.05) is 6.07 Å². The molecule has 1 fully saturated rings. The molecule has 1 saturated carbocycles. The quantitative estimate of drug-likeness (QED) is 0.487. The van der Waals surface area contributed by atoms with Crippen LogP contribution in [0.5, 0.6) is 11.5 Å². The lowest BCUT2D eigenvalue weighted by atomic mass is 9.98. The number of benzene rings is 2. The summed E-state index contributed by atoms with van der Waals surface area (Å²) in [5.41, 5.74) is 2.81. The van der Waals surface area contributed by atoms with E-state index in [4.69, 9.17) is 9.47 Å². The van der Waals surface area contributed by atoms with Gasteiger partial charge in [-0.25, -0.2) is 0 Å². The molecule has 2 nitrogen and oxygen atoms in total. The molecule has 1 aliphatic rings. The third kappa shape index (κ3) is 5.52. The molecule has 0 aliphatic heterocycles. The van der Waals surface area contributed by atoms with Crippen LogP contribution in [0.4, 0.5) is 0 Å². The first-order valence-corrected chi connectivity index (χ1v) is 10.2. The van der Waals surface area contributed by atoms with Crippen molar-refractivity contribution in [2.45, 2.75) is 58.3 Å². The van der Waals surface area contributed by atoms with Gasteiger partial charge >= 0.3 is 0 Å². The maximum Gasteiger partial charge on any atom is 0.122 e. The van der Waals surface area contributed by atoms with E-state index in [1.54, 1.807) is 0 Å². The van der Waals surface area contributed by atoms with Crippen LogP contribution in [0.3, 0.4) is 0 Å². The third-order valence-electron chi connectivity index (χ3n) is 5.51. The van der Waals surface area contributed by atoms with E-state index in [9.17, 15) is 0 Å². The molecule has 0 spiro atoms. The summed E-state index contributed by atoms with van der Waals surface area (Å²) < 4.78 is 11.7. The summed E-state index contributed by atoms with van der Waals surface area (Å²) in [6.07, 6.45) is 7.74. The maximum atomic E-state index is 5.86. The van der Waals surface area contributed by atoms with Gasteiger partial charge in [0.25, 0.3) is 0 Å². The second-order valence-corrected chi connectivity index (χ2v) is 7.61. The van der Waals surface area contributed by atoms with Gasteiger partial charge in [-0.1, -0.05) is 57.4 Å². The Bertz CT molecular complexity index is 656. The fourth-order valence-corrected chi connectivity index (χ4v) is 3.72. The summed E-state index contributed by atoms with van der Waals surface area (Å²) in [4.78, 5) is 0. The zero-order valence-electron chi connectivity index (χ0n) is 16.2. The topological polar surface area (TPSA) is 18.5 Å². The van der Waals surface area contributed by atoms with Gasteiger partial charge in [-0.2, -0.15) is 0 Å². The van der Waals surface area contributed by atoms with Crippen molar-refractivity contribution < 1.29 is 9.47 Å². The average molecular weight is 353 g/mol. The Kier molecular flexibility index (Phi) is 6.99. The van der Waals surface area contributed by atoms with Crippen LogP contribution in [0.1, 0.15) is 63.0 Å². The van der Waals surface area contributed by atoms with Crippen molar-refractivity contribution in [1.82, 2.24) is 0 Å². The van der Waals surface area contributed by atoms with Gasteiger partial charge in [-0.05, 0) is 66.5 Å². The predicted molar refractivity (Wildman–Crippen MR) is 108 cm³/mol. The van der Waals surface area contributed by atoms with Crippen LogP contribution in [0.15, 0.2) is 48.5 Å². The summed E-state index contributed by atoms with van der Waals surface area (Å²) in [7, 11) is 0. The standard InChI is InChI=1S/C24H32O2/c1-3-19(2)17-20-7-6-10-24(18-20)26-16-15-25-23-13-11-22(12-14-23)21-8-4-5-9-21/h6-7,10-14,18-19,21H,3-5,8-9,15-17H2,1-2H3. The first-order valence-electron chi connectivity index (χ1n) is 10.2. The molecule has 0 radical (unpaired) electrons. The highest BCUT2D eigenvalue weighted by molar-refractivity contribution is 5.30. The van der Waals surface area contributed by atoms with Gasteiger partial charge in [0.05, 0.1) is 0 Å². The summed E-state index contributed by atoms with van der Waals surface area (Å²) in [5, 5.41) is 0. The van der Waals surface area contributed by atoms with Crippen LogP contribution in [-0.2, 0) is 6.42 Å². The summed E-state index contributed by atoms with van der Waals surface area (Å²) >= 11 is 0. The Labute approximate surface area is 158 Å². The summed E-state index contributed by atoms with van der Waals surface area (Å²) in [6.45, 7) is 5.66. The molecule has 1 unspecified atom stereocenters. The van der Waals surface area contributed by atoms with Gasteiger partial charge < -0.3 is 9.47 Å². The Hall–Kier alpha value is -1.96. The van der Waals surface area contributed by atoms with Crippen molar-refractivity contribution in [3.63, 3.8) is 0 Å². The first-order chi connectivity index (χ1) is 12.7. The molecule has 1 atom stereocenters. The highest BCUT2D eigenvalue weighted by Crippen LogP contribution is 2.34. The van der Waals surface area contributed by atoms with Crippen molar-refractivity contribution in [3.8, 4) is 11.5 Å². The van der Waals surface area contributed by atoms with E-state index in [0.29, 0.717) is 19.1 Å².